The number of benzene rings is 2. The van der Waals surface area contributed by atoms with Crippen molar-refractivity contribution in [3.05, 3.63) is 46.3 Å². The lowest BCUT2D eigenvalue weighted by atomic mass is 10.1. The average molecular weight is 437 g/mol. The summed E-state index contributed by atoms with van der Waals surface area (Å²) in [6.45, 7) is 3.88. The third-order valence-electron chi connectivity index (χ3n) is 5.04. The highest BCUT2D eigenvalue weighted by molar-refractivity contribution is 7.11. The van der Waals surface area contributed by atoms with Gasteiger partial charge in [0.25, 0.3) is 5.91 Å². The Hall–Kier alpha value is -3.59. The lowest BCUT2D eigenvalue weighted by molar-refractivity contribution is -0.123. The van der Waals surface area contributed by atoms with E-state index in [4.69, 9.17) is 14.2 Å². The number of rotatable bonds is 4. The summed E-state index contributed by atoms with van der Waals surface area (Å²) in [5, 5.41) is 3.78. The Morgan fingerprint density at radius 3 is 2.71 bits per heavy atom. The van der Waals surface area contributed by atoms with E-state index < -0.39 is 0 Å². The Morgan fingerprint density at radius 1 is 1.10 bits per heavy atom. The molecule has 3 aromatic rings. The standard InChI is InChI=1S/C22H19N3O5S/c1-12-22(23-13(2)31-12)14-3-5-17-16(7-14)25(21(27)10-28-17)9-20(26)24-15-4-6-18-19(8-15)30-11-29-18/h3-8H,9-11H2,1-2H3,(H,24,26). The number of nitrogens with one attached hydrogen (secondary N) is 1. The second-order valence-electron chi connectivity index (χ2n) is 7.20. The minimum atomic E-state index is -0.328. The van der Waals surface area contributed by atoms with E-state index in [1.165, 1.54) is 4.90 Å². The van der Waals surface area contributed by atoms with Gasteiger partial charge in [-0.2, -0.15) is 0 Å². The lowest BCUT2D eigenvalue weighted by Gasteiger charge is -2.29. The van der Waals surface area contributed by atoms with Crippen LogP contribution in [0.4, 0.5) is 11.4 Å². The number of thiazole rings is 1. The van der Waals surface area contributed by atoms with Gasteiger partial charge in [0.05, 0.1) is 16.4 Å². The highest BCUT2D eigenvalue weighted by atomic mass is 32.1. The maximum Gasteiger partial charge on any atom is 0.265 e. The lowest BCUT2D eigenvalue weighted by Crippen LogP contribution is -2.43. The molecule has 2 amide bonds. The fourth-order valence-corrected chi connectivity index (χ4v) is 4.48. The molecule has 0 radical (unpaired) electrons. The maximum absolute atomic E-state index is 12.7. The molecule has 0 spiro atoms. The Morgan fingerprint density at radius 2 is 1.90 bits per heavy atom. The van der Waals surface area contributed by atoms with E-state index in [-0.39, 0.29) is 31.8 Å². The predicted octanol–water partition coefficient (Wildman–Crippen LogP) is 3.52. The Balaban J connectivity index is 1.39. The largest absolute Gasteiger partial charge is 0.482 e. The van der Waals surface area contributed by atoms with Crippen LogP contribution >= 0.6 is 11.3 Å². The summed E-state index contributed by atoms with van der Waals surface area (Å²) in [5.74, 6) is 1.16. The number of fused-ring (bicyclic) bond motifs is 2. The summed E-state index contributed by atoms with van der Waals surface area (Å²) < 4.78 is 16.2. The van der Waals surface area contributed by atoms with Gasteiger partial charge in [-0.05, 0) is 44.2 Å². The van der Waals surface area contributed by atoms with Crippen LogP contribution in [0.5, 0.6) is 17.2 Å². The highest BCUT2D eigenvalue weighted by Crippen LogP contribution is 2.38. The molecule has 3 heterocycles. The zero-order valence-corrected chi connectivity index (χ0v) is 17.7. The van der Waals surface area contributed by atoms with Crippen LogP contribution in [0.15, 0.2) is 36.4 Å². The number of ether oxygens (including phenoxy) is 3. The molecule has 2 aliphatic rings. The SMILES string of the molecule is Cc1nc(-c2ccc3c(c2)N(CC(=O)Nc2ccc4c(c2)OCO4)C(=O)CO3)c(C)s1. The van der Waals surface area contributed by atoms with Crippen molar-refractivity contribution >= 4 is 34.5 Å². The summed E-state index contributed by atoms with van der Waals surface area (Å²) in [6.07, 6.45) is 0. The van der Waals surface area contributed by atoms with Crippen LogP contribution in [0.2, 0.25) is 0 Å². The fourth-order valence-electron chi connectivity index (χ4n) is 3.64. The van der Waals surface area contributed by atoms with Gasteiger partial charge in [-0.1, -0.05) is 0 Å². The number of carbonyl (C=O) groups excluding carboxylic acids is 2. The van der Waals surface area contributed by atoms with Gasteiger partial charge in [0, 0.05) is 22.2 Å². The van der Waals surface area contributed by atoms with Gasteiger partial charge in [0.15, 0.2) is 18.1 Å². The molecule has 2 aromatic carbocycles. The Labute approximate surface area is 182 Å². The first-order chi connectivity index (χ1) is 15.0. The minimum absolute atomic E-state index is 0.113. The van der Waals surface area contributed by atoms with Crippen molar-refractivity contribution in [2.24, 2.45) is 0 Å². The van der Waals surface area contributed by atoms with Gasteiger partial charge in [-0.3, -0.25) is 14.5 Å². The first-order valence-electron chi connectivity index (χ1n) is 9.69. The molecule has 0 bridgehead atoms. The molecule has 0 unspecified atom stereocenters. The molecule has 158 valence electrons. The van der Waals surface area contributed by atoms with Crippen molar-refractivity contribution < 1.29 is 23.8 Å². The van der Waals surface area contributed by atoms with Crippen molar-refractivity contribution in [2.75, 3.05) is 30.2 Å². The first-order valence-corrected chi connectivity index (χ1v) is 10.5. The quantitative estimate of drug-likeness (QED) is 0.672. The zero-order chi connectivity index (χ0) is 21.5. The van der Waals surface area contributed by atoms with E-state index in [2.05, 4.69) is 10.3 Å². The van der Waals surface area contributed by atoms with Crippen molar-refractivity contribution in [1.29, 1.82) is 0 Å². The van der Waals surface area contributed by atoms with Gasteiger partial charge >= 0.3 is 0 Å². The summed E-state index contributed by atoms with van der Waals surface area (Å²) in [6, 6.07) is 10.7. The molecule has 8 nitrogen and oxygen atoms in total. The molecule has 1 N–H and O–H groups in total. The number of hydrogen-bond acceptors (Lipinski definition) is 7. The average Bonchev–Trinajstić information content (AvgIpc) is 3.35. The molecule has 0 fully saturated rings. The molecule has 9 heteroatoms. The number of anilines is 2. The molecule has 5 rings (SSSR count). The summed E-state index contributed by atoms with van der Waals surface area (Å²) in [5.41, 5.74) is 2.87. The van der Waals surface area contributed by atoms with E-state index >= 15 is 0 Å². The second kappa shape index (κ2) is 7.59. The number of amides is 2. The van der Waals surface area contributed by atoms with Crippen LogP contribution in [0.1, 0.15) is 9.88 Å². The van der Waals surface area contributed by atoms with Crippen molar-refractivity contribution in [1.82, 2.24) is 4.98 Å². The molecular formula is C22H19N3O5S. The molecule has 0 saturated carbocycles. The van der Waals surface area contributed by atoms with E-state index in [0.717, 1.165) is 21.1 Å². The van der Waals surface area contributed by atoms with Crippen LogP contribution in [0.3, 0.4) is 0 Å². The predicted molar refractivity (Wildman–Crippen MR) is 116 cm³/mol. The molecule has 0 saturated heterocycles. The first kappa shape index (κ1) is 19.4. The van der Waals surface area contributed by atoms with E-state index in [0.29, 0.717) is 28.6 Å². The topological polar surface area (TPSA) is 90.0 Å². The summed E-state index contributed by atoms with van der Waals surface area (Å²) in [4.78, 5) is 32.4. The Kier molecular flexibility index (Phi) is 4.74. The maximum atomic E-state index is 12.7. The van der Waals surface area contributed by atoms with E-state index in [1.807, 2.05) is 32.0 Å². The molecular weight excluding hydrogens is 418 g/mol. The van der Waals surface area contributed by atoms with E-state index in [1.54, 1.807) is 29.5 Å². The van der Waals surface area contributed by atoms with Crippen molar-refractivity contribution in [2.45, 2.75) is 13.8 Å². The minimum Gasteiger partial charge on any atom is -0.482 e. The van der Waals surface area contributed by atoms with Gasteiger partial charge in [0.1, 0.15) is 12.3 Å². The second-order valence-corrected chi connectivity index (χ2v) is 8.61. The monoisotopic (exact) mass is 437 g/mol. The van der Waals surface area contributed by atoms with Crippen molar-refractivity contribution in [3.63, 3.8) is 0 Å². The van der Waals surface area contributed by atoms with Crippen LogP contribution < -0.4 is 24.4 Å². The van der Waals surface area contributed by atoms with E-state index in [9.17, 15) is 9.59 Å². The third-order valence-corrected chi connectivity index (χ3v) is 5.92. The molecule has 2 aliphatic heterocycles. The third kappa shape index (κ3) is 3.68. The van der Waals surface area contributed by atoms with Crippen LogP contribution in [-0.2, 0) is 9.59 Å². The fraction of sp³-hybridized carbons (Fsp3) is 0.227. The summed E-state index contributed by atoms with van der Waals surface area (Å²) in [7, 11) is 0. The Bertz CT molecular complexity index is 1210. The summed E-state index contributed by atoms with van der Waals surface area (Å²) >= 11 is 1.62. The van der Waals surface area contributed by atoms with Gasteiger partial charge in [-0.25, -0.2) is 4.98 Å². The molecule has 31 heavy (non-hydrogen) atoms. The van der Waals surface area contributed by atoms with Crippen LogP contribution in [0, 0.1) is 13.8 Å². The number of carbonyl (C=O) groups is 2. The highest BCUT2D eigenvalue weighted by Gasteiger charge is 2.28. The smallest absolute Gasteiger partial charge is 0.265 e. The van der Waals surface area contributed by atoms with Crippen molar-refractivity contribution in [3.8, 4) is 28.5 Å². The zero-order valence-electron chi connectivity index (χ0n) is 16.9. The molecule has 1 aromatic heterocycles. The molecule has 0 aliphatic carbocycles. The number of aromatic nitrogens is 1. The van der Waals surface area contributed by atoms with Gasteiger partial charge in [-0.15, -0.1) is 11.3 Å². The van der Waals surface area contributed by atoms with Crippen LogP contribution in [0.25, 0.3) is 11.3 Å². The number of aryl methyl sites for hydroxylation is 2. The normalized spacial score (nSPS) is 14.3. The molecule has 0 atom stereocenters. The number of nitrogens with zero attached hydrogens (tertiary/aromatic N) is 2. The van der Waals surface area contributed by atoms with Gasteiger partial charge < -0.3 is 19.5 Å². The number of hydrogen-bond donors (Lipinski definition) is 1. The van der Waals surface area contributed by atoms with Crippen LogP contribution in [-0.4, -0.2) is 36.7 Å². The van der Waals surface area contributed by atoms with Gasteiger partial charge in [0.2, 0.25) is 12.7 Å².